The number of aromatic nitrogens is 1. The van der Waals surface area contributed by atoms with E-state index in [1.807, 2.05) is 0 Å². The van der Waals surface area contributed by atoms with Crippen LogP contribution in [0.3, 0.4) is 0 Å². The summed E-state index contributed by atoms with van der Waals surface area (Å²) in [6.45, 7) is -0.0797. The van der Waals surface area contributed by atoms with Crippen LogP contribution in [-0.2, 0) is 15.5 Å². The third kappa shape index (κ3) is 3.42. The number of nitrogens with one attached hydrogen (secondary N) is 1. The summed E-state index contributed by atoms with van der Waals surface area (Å²) in [5.41, 5.74) is 0. The highest BCUT2D eigenvalue weighted by molar-refractivity contribution is 7.74. The van der Waals surface area contributed by atoms with Gasteiger partial charge in [0.2, 0.25) is 0 Å². The van der Waals surface area contributed by atoms with Gasteiger partial charge in [-0.2, -0.15) is 0 Å². The van der Waals surface area contributed by atoms with Gasteiger partial charge in [-0.25, -0.2) is 9.19 Å². The van der Waals surface area contributed by atoms with Crippen LogP contribution in [0.5, 0.6) is 0 Å². The van der Waals surface area contributed by atoms with E-state index in [1.54, 1.807) is 11.6 Å². The number of anilines is 1. The van der Waals surface area contributed by atoms with Crippen LogP contribution in [-0.4, -0.2) is 20.5 Å². The van der Waals surface area contributed by atoms with E-state index >= 15 is 0 Å². The van der Waals surface area contributed by atoms with Crippen molar-refractivity contribution in [3.05, 3.63) is 11.6 Å². The lowest BCUT2D eigenvalue weighted by atomic mass is 11.0. The van der Waals surface area contributed by atoms with Gasteiger partial charge in [0.25, 0.3) is 0 Å². The van der Waals surface area contributed by atoms with Crippen LogP contribution in [0.15, 0.2) is 11.6 Å². The predicted octanol–water partition coefficient (Wildman–Crippen LogP) is 0.323. The Bertz CT molecular complexity index is 225. The molecule has 0 fully saturated rings. The third-order valence-corrected chi connectivity index (χ3v) is 1.85. The molecule has 1 heterocycles. The quantitative estimate of drug-likeness (QED) is 0.550. The molecule has 1 unspecified atom stereocenters. The number of hydrogen-bond donors (Lipinski definition) is 1. The topological polar surface area (TPSA) is 74.3 Å². The normalized spacial score (nSPS) is 12.8. The molecule has 0 aliphatic carbocycles. The fourth-order valence-electron chi connectivity index (χ4n) is 0.450. The second-order valence-corrected chi connectivity index (χ2v) is 3.02. The predicted molar refractivity (Wildman–Crippen MR) is 40.6 cm³/mol. The summed E-state index contributed by atoms with van der Waals surface area (Å²) in [4.78, 5) is 3.84. The Morgan fingerprint density at radius 1 is 1.91 bits per heavy atom. The molecule has 1 rings (SSSR count). The van der Waals surface area contributed by atoms with Gasteiger partial charge in [-0.05, 0) is 0 Å². The summed E-state index contributed by atoms with van der Waals surface area (Å²) in [5, 5.41) is 5.06. The molecule has 0 bridgehead atoms. The molecule has 1 aromatic rings. The summed E-state index contributed by atoms with van der Waals surface area (Å²) in [6, 6.07) is 0. The zero-order valence-corrected chi connectivity index (χ0v) is 6.98. The molecule has 0 saturated heterocycles. The average molecular weight is 193 g/mol. The van der Waals surface area contributed by atoms with Crippen molar-refractivity contribution < 1.29 is 12.9 Å². The largest absolute Gasteiger partial charge is 0.750 e. The van der Waals surface area contributed by atoms with E-state index in [1.165, 1.54) is 11.3 Å². The van der Waals surface area contributed by atoms with Crippen LogP contribution in [0.4, 0.5) is 5.13 Å². The van der Waals surface area contributed by atoms with E-state index in [2.05, 4.69) is 14.5 Å². The number of thiazole rings is 1. The highest BCUT2D eigenvalue weighted by atomic mass is 32.2. The summed E-state index contributed by atoms with van der Waals surface area (Å²) >= 11 is -1.09. The number of rotatable bonds is 4. The Hall–Kier alpha value is -0.500. The van der Waals surface area contributed by atoms with E-state index in [4.69, 9.17) is 0 Å². The molecule has 0 spiro atoms. The number of hydrogen-bond acceptors (Lipinski definition) is 6. The molecule has 0 aromatic carbocycles. The Morgan fingerprint density at radius 3 is 3.27 bits per heavy atom. The molecule has 62 valence electrons. The van der Waals surface area contributed by atoms with Gasteiger partial charge >= 0.3 is 0 Å². The molecule has 1 atom stereocenters. The van der Waals surface area contributed by atoms with E-state index in [0.29, 0.717) is 5.13 Å². The minimum absolute atomic E-state index is 0.0797. The molecule has 7 heteroatoms. The van der Waals surface area contributed by atoms with Crippen molar-refractivity contribution in [1.29, 1.82) is 0 Å². The van der Waals surface area contributed by atoms with Gasteiger partial charge in [-0.3, -0.25) is 4.18 Å². The lowest BCUT2D eigenvalue weighted by Crippen LogP contribution is -2.07. The minimum Gasteiger partial charge on any atom is -0.750 e. The van der Waals surface area contributed by atoms with Crippen LogP contribution < -0.4 is 5.32 Å². The van der Waals surface area contributed by atoms with Crippen molar-refractivity contribution in [1.82, 2.24) is 4.98 Å². The molecule has 5 nitrogen and oxygen atoms in total. The van der Waals surface area contributed by atoms with Crippen molar-refractivity contribution in [2.75, 3.05) is 12.0 Å². The van der Waals surface area contributed by atoms with Gasteiger partial charge in [-0.1, -0.05) is 0 Å². The van der Waals surface area contributed by atoms with Gasteiger partial charge in [0.15, 0.2) is 5.13 Å². The van der Waals surface area contributed by atoms with Gasteiger partial charge in [-0.15, -0.1) is 11.3 Å². The van der Waals surface area contributed by atoms with Crippen LogP contribution in [0.2, 0.25) is 0 Å². The highest BCUT2D eigenvalue weighted by Crippen LogP contribution is 2.09. The second kappa shape index (κ2) is 4.39. The zero-order chi connectivity index (χ0) is 8.10. The van der Waals surface area contributed by atoms with Crippen LogP contribution in [0, 0.1) is 0 Å². The number of nitrogens with zero attached hydrogens (tertiary/aromatic N) is 1. The first kappa shape index (κ1) is 8.60. The average Bonchev–Trinajstić information content (AvgIpc) is 2.39. The van der Waals surface area contributed by atoms with E-state index in [0.717, 1.165) is 0 Å². The second-order valence-electron chi connectivity index (χ2n) is 1.48. The molecular formula is C4H5N2O3S2-. The Kier molecular flexibility index (Phi) is 3.43. The van der Waals surface area contributed by atoms with Gasteiger partial charge < -0.3 is 9.87 Å². The summed E-state index contributed by atoms with van der Waals surface area (Å²) in [5.74, 6) is 0. The molecule has 0 radical (unpaired) electrons. The first-order valence-electron chi connectivity index (χ1n) is 2.65. The Balaban J connectivity index is 2.19. The van der Waals surface area contributed by atoms with E-state index in [9.17, 15) is 8.76 Å². The highest BCUT2D eigenvalue weighted by Gasteiger charge is 1.91. The maximum atomic E-state index is 9.85. The molecule has 0 aliphatic heterocycles. The fraction of sp³-hybridized carbons (Fsp3) is 0.250. The van der Waals surface area contributed by atoms with Crippen molar-refractivity contribution in [2.24, 2.45) is 0 Å². The van der Waals surface area contributed by atoms with Crippen molar-refractivity contribution in [3.63, 3.8) is 0 Å². The van der Waals surface area contributed by atoms with E-state index < -0.39 is 11.4 Å². The van der Waals surface area contributed by atoms with Crippen molar-refractivity contribution in [3.8, 4) is 0 Å². The molecule has 0 saturated carbocycles. The monoisotopic (exact) mass is 193 g/mol. The van der Waals surface area contributed by atoms with Gasteiger partial charge in [0.1, 0.15) is 6.73 Å². The third-order valence-electron chi connectivity index (χ3n) is 0.811. The van der Waals surface area contributed by atoms with Gasteiger partial charge in [0, 0.05) is 11.6 Å². The van der Waals surface area contributed by atoms with E-state index in [-0.39, 0.29) is 6.73 Å². The molecule has 0 amide bonds. The standard InChI is InChI=1S/C4H6N2O3S2/c7-11(8)9-3-6-4-5-1-2-10-4/h1-2H,3H2,(H,5,6)(H,7,8)/p-1. The molecular weight excluding hydrogens is 188 g/mol. The zero-order valence-electron chi connectivity index (χ0n) is 5.35. The van der Waals surface area contributed by atoms with Crippen molar-refractivity contribution >= 4 is 27.8 Å². The Labute approximate surface area is 69.9 Å². The Morgan fingerprint density at radius 2 is 2.73 bits per heavy atom. The minimum atomic E-state index is -2.46. The van der Waals surface area contributed by atoms with Crippen LogP contribution >= 0.6 is 11.3 Å². The van der Waals surface area contributed by atoms with Gasteiger partial charge in [0.05, 0.1) is 11.4 Å². The lowest BCUT2D eigenvalue weighted by molar-refractivity contribution is 0.322. The smallest absolute Gasteiger partial charge is 0.184 e. The first-order valence-corrected chi connectivity index (χ1v) is 4.53. The maximum Gasteiger partial charge on any atom is 0.184 e. The SMILES string of the molecule is O=S([O-])OCNc1nccs1. The first-order chi connectivity index (χ1) is 5.29. The lowest BCUT2D eigenvalue weighted by Gasteiger charge is -2.05. The molecule has 1 N–H and O–H groups in total. The molecule has 0 aliphatic rings. The molecule has 1 aromatic heterocycles. The fourth-order valence-corrected chi connectivity index (χ4v) is 1.12. The van der Waals surface area contributed by atoms with Crippen LogP contribution in [0.1, 0.15) is 0 Å². The van der Waals surface area contributed by atoms with Crippen molar-refractivity contribution in [2.45, 2.75) is 0 Å². The maximum absolute atomic E-state index is 9.85. The summed E-state index contributed by atoms with van der Waals surface area (Å²) < 4.78 is 23.9. The summed E-state index contributed by atoms with van der Waals surface area (Å²) in [7, 11) is 0. The summed E-state index contributed by atoms with van der Waals surface area (Å²) in [6.07, 6.45) is 1.61. The molecule has 11 heavy (non-hydrogen) atoms. The van der Waals surface area contributed by atoms with Crippen LogP contribution in [0.25, 0.3) is 0 Å².